The monoisotopic (exact) mass is 306 g/mol. The summed E-state index contributed by atoms with van der Waals surface area (Å²) in [5.41, 5.74) is 1.06. The average molecular weight is 306 g/mol. The van der Waals surface area contributed by atoms with Crippen LogP contribution in [0.25, 0.3) is 0 Å². The lowest BCUT2D eigenvalue weighted by Gasteiger charge is -2.31. The predicted molar refractivity (Wildman–Crippen MR) is 78.0 cm³/mol. The SMILES string of the molecule is O=S(=O)(c1cccnc1)N1CCCC(Cc2ccn[nH]2)C1. The summed E-state index contributed by atoms with van der Waals surface area (Å²) in [6.07, 6.45) is 7.47. The van der Waals surface area contributed by atoms with Gasteiger partial charge in [0.05, 0.1) is 0 Å². The van der Waals surface area contributed by atoms with E-state index in [1.54, 1.807) is 28.8 Å². The van der Waals surface area contributed by atoms with E-state index >= 15 is 0 Å². The third kappa shape index (κ3) is 3.14. The van der Waals surface area contributed by atoms with Gasteiger partial charge in [-0.15, -0.1) is 0 Å². The van der Waals surface area contributed by atoms with Gasteiger partial charge in [0.2, 0.25) is 10.0 Å². The molecule has 3 rings (SSSR count). The van der Waals surface area contributed by atoms with E-state index in [-0.39, 0.29) is 4.90 Å². The van der Waals surface area contributed by atoms with Crippen LogP contribution in [0.5, 0.6) is 0 Å². The number of hydrogen-bond donors (Lipinski definition) is 1. The van der Waals surface area contributed by atoms with Gasteiger partial charge in [0.15, 0.2) is 0 Å². The molecule has 0 aromatic carbocycles. The van der Waals surface area contributed by atoms with Gasteiger partial charge in [-0.1, -0.05) is 0 Å². The van der Waals surface area contributed by atoms with Gasteiger partial charge in [-0.2, -0.15) is 9.40 Å². The van der Waals surface area contributed by atoms with Gasteiger partial charge in [-0.3, -0.25) is 10.1 Å². The fourth-order valence-electron chi connectivity index (χ4n) is 2.77. The lowest BCUT2D eigenvalue weighted by Crippen LogP contribution is -2.40. The molecule has 1 N–H and O–H groups in total. The fourth-order valence-corrected chi connectivity index (χ4v) is 4.29. The Bertz CT molecular complexity index is 670. The maximum absolute atomic E-state index is 12.6. The minimum Gasteiger partial charge on any atom is -0.283 e. The van der Waals surface area contributed by atoms with Crippen molar-refractivity contribution in [3.63, 3.8) is 0 Å². The van der Waals surface area contributed by atoms with Gasteiger partial charge >= 0.3 is 0 Å². The zero-order valence-electron chi connectivity index (χ0n) is 11.6. The van der Waals surface area contributed by atoms with Crippen molar-refractivity contribution >= 4 is 10.0 Å². The smallest absolute Gasteiger partial charge is 0.244 e. The topological polar surface area (TPSA) is 79.0 Å². The summed E-state index contributed by atoms with van der Waals surface area (Å²) in [6.45, 7) is 1.13. The van der Waals surface area contributed by atoms with E-state index in [1.807, 2.05) is 6.07 Å². The van der Waals surface area contributed by atoms with Gasteiger partial charge in [-0.05, 0) is 43.4 Å². The van der Waals surface area contributed by atoms with E-state index in [0.29, 0.717) is 19.0 Å². The minimum absolute atomic E-state index is 0.271. The highest BCUT2D eigenvalue weighted by Crippen LogP contribution is 2.25. The lowest BCUT2D eigenvalue weighted by atomic mass is 9.95. The molecule has 1 atom stereocenters. The summed E-state index contributed by atoms with van der Waals surface area (Å²) in [5.74, 6) is 0.325. The summed E-state index contributed by atoms with van der Waals surface area (Å²) >= 11 is 0. The number of nitrogens with one attached hydrogen (secondary N) is 1. The molecule has 0 spiro atoms. The van der Waals surface area contributed by atoms with Crippen molar-refractivity contribution in [2.45, 2.75) is 24.2 Å². The Morgan fingerprint density at radius 2 is 2.24 bits per heavy atom. The molecule has 0 saturated carbocycles. The second kappa shape index (κ2) is 5.95. The molecule has 7 heteroatoms. The molecule has 21 heavy (non-hydrogen) atoms. The largest absolute Gasteiger partial charge is 0.283 e. The fraction of sp³-hybridized carbons (Fsp3) is 0.429. The van der Waals surface area contributed by atoms with E-state index < -0.39 is 10.0 Å². The third-order valence-corrected chi connectivity index (χ3v) is 5.67. The highest BCUT2D eigenvalue weighted by Gasteiger charge is 2.30. The number of hydrogen-bond acceptors (Lipinski definition) is 4. The molecule has 2 aromatic heterocycles. The Hall–Kier alpha value is -1.73. The predicted octanol–water partition coefficient (Wildman–Crippen LogP) is 1.45. The zero-order chi connectivity index (χ0) is 14.7. The standard InChI is InChI=1S/C14H18N4O2S/c19-21(20,14-4-1-6-15-10-14)18-8-2-3-12(11-18)9-13-5-7-16-17-13/h1,4-7,10,12H,2-3,8-9,11H2,(H,16,17). The number of aromatic nitrogens is 3. The van der Waals surface area contributed by atoms with Crippen molar-refractivity contribution in [1.82, 2.24) is 19.5 Å². The molecule has 0 amide bonds. The first-order valence-electron chi connectivity index (χ1n) is 7.05. The maximum Gasteiger partial charge on any atom is 0.244 e. The number of rotatable bonds is 4. The van der Waals surface area contributed by atoms with E-state index in [9.17, 15) is 8.42 Å². The Morgan fingerprint density at radius 1 is 1.33 bits per heavy atom. The Balaban J connectivity index is 1.74. The lowest BCUT2D eigenvalue weighted by molar-refractivity contribution is 0.264. The van der Waals surface area contributed by atoms with Gasteiger partial charge < -0.3 is 0 Å². The Kier molecular flexibility index (Phi) is 4.03. The van der Waals surface area contributed by atoms with Crippen LogP contribution in [0, 0.1) is 5.92 Å². The molecular formula is C14H18N4O2S. The van der Waals surface area contributed by atoms with E-state index in [0.717, 1.165) is 25.0 Å². The number of aromatic amines is 1. The molecule has 112 valence electrons. The zero-order valence-corrected chi connectivity index (χ0v) is 12.5. The van der Waals surface area contributed by atoms with Crippen LogP contribution in [0.1, 0.15) is 18.5 Å². The average Bonchev–Trinajstić information content (AvgIpc) is 3.01. The first kappa shape index (κ1) is 14.2. The van der Waals surface area contributed by atoms with Crippen LogP contribution in [0.15, 0.2) is 41.7 Å². The van der Waals surface area contributed by atoms with E-state index in [2.05, 4.69) is 15.2 Å². The molecule has 1 saturated heterocycles. The second-order valence-electron chi connectivity index (χ2n) is 5.35. The van der Waals surface area contributed by atoms with Crippen molar-refractivity contribution in [2.75, 3.05) is 13.1 Å². The number of nitrogens with zero attached hydrogens (tertiary/aromatic N) is 3. The van der Waals surface area contributed by atoms with Crippen LogP contribution in [0.3, 0.4) is 0 Å². The molecule has 0 radical (unpaired) electrons. The van der Waals surface area contributed by atoms with Crippen LogP contribution in [0.4, 0.5) is 0 Å². The molecule has 0 bridgehead atoms. The van der Waals surface area contributed by atoms with Gasteiger partial charge in [0.25, 0.3) is 0 Å². The molecule has 3 heterocycles. The summed E-state index contributed by atoms with van der Waals surface area (Å²) in [7, 11) is -3.43. The molecule has 1 fully saturated rings. The first-order chi connectivity index (χ1) is 10.2. The highest BCUT2D eigenvalue weighted by molar-refractivity contribution is 7.89. The highest BCUT2D eigenvalue weighted by atomic mass is 32.2. The molecular weight excluding hydrogens is 288 g/mol. The quantitative estimate of drug-likeness (QED) is 0.927. The number of sulfonamides is 1. The summed E-state index contributed by atoms with van der Waals surface area (Å²) in [4.78, 5) is 4.18. The van der Waals surface area contributed by atoms with Crippen LogP contribution >= 0.6 is 0 Å². The van der Waals surface area contributed by atoms with Crippen molar-refractivity contribution < 1.29 is 8.42 Å². The van der Waals surface area contributed by atoms with Crippen LogP contribution < -0.4 is 0 Å². The molecule has 0 aliphatic carbocycles. The molecule has 1 unspecified atom stereocenters. The van der Waals surface area contributed by atoms with Crippen LogP contribution in [-0.4, -0.2) is 41.0 Å². The molecule has 1 aliphatic rings. The van der Waals surface area contributed by atoms with Gasteiger partial charge in [0, 0.05) is 37.4 Å². The van der Waals surface area contributed by atoms with Crippen molar-refractivity contribution in [3.8, 4) is 0 Å². The number of H-pyrrole nitrogens is 1. The first-order valence-corrected chi connectivity index (χ1v) is 8.49. The molecule has 1 aliphatic heterocycles. The minimum atomic E-state index is -3.43. The summed E-state index contributed by atoms with van der Waals surface area (Å²) in [5, 5.41) is 6.88. The normalized spacial score (nSPS) is 20.5. The number of piperidine rings is 1. The third-order valence-electron chi connectivity index (χ3n) is 3.82. The molecule has 6 nitrogen and oxygen atoms in total. The second-order valence-corrected chi connectivity index (χ2v) is 7.28. The summed E-state index contributed by atoms with van der Waals surface area (Å²) < 4.78 is 26.8. The maximum atomic E-state index is 12.6. The van der Waals surface area contributed by atoms with Crippen molar-refractivity contribution in [1.29, 1.82) is 0 Å². The van der Waals surface area contributed by atoms with Crippen LogP contribution in [-0.2, 0) is 16.4 Å². The van der Waals surface area contributed by atoms with E-state index in [1.165, 1.54) is 6.20 Å². The van der Waals surface area contributed by atoms with Gasteiger partial charge in [-0.25, -0.2) is 8.42 Å². The van der Waals surface area contributed by atoms with E-state index in [4.69, 9.17) is 0 Å². The Labute approximate surface area is 124 Å². The Morgan fingerprint density at radius 3 is 2.95 bits per heavy atom. The van der Waals surface area contributed by atoms with Crippen LogP contribution in [0.2, 0.25) is 0 Å². The molecule has 2 aromatic rings. The number of pyridine rings is 1. The van der Waals surface area contributed by atoms with Crippen molar-refractivity contribution in [2.24, 2.45) is 5.92 Å². The van der Waals surface area contributed by atoms with Gasteiger partial charge in [0.1, 0.15) is 4.90 Å². The summed E-state index contributed by atoms with van der Waals surface area (Å²) in [6, 6.07) is 5.19. The van der Waals surface area contributed by atoms with Crippen molar-refractivity contribution in [3.05, 3.63) is 42.5 Å².